The molecule has 0 aromatic heterocycles. The molecule has 0 spiro atoms. The minimum absolute atomic E-state index is 0.0509. The summed E-state index contributed by atoms with van der Waals surface area (Å²) in [7, 11) is -1.83. The number of allylic oxidation sites excluding steroid dienone is 1. The first kappa shape index (κ1) is 13.5. The van der Waals surface area contributed by atoms with Gasteiger partial charge in [-0.1, -0.05) is 11.1 Å². The number of likely N-dealkylation sites (tertiary alicyclic amines) is 1. The summed E-state index contributed by atoms with van der Waals surface area (Å²) >= 11 is 0. The zero-order valence-electron chi connectivity index (χ0n) is 11.0. The second kappa shape index (κ2) is 5.01. The number of carbonyl (C=O) groups is 1. The number of piperidine rings is 1. The van der Waals surface area contributed by atoms with Crippen LogP contribution in [0.15, 0.2) is 11.1 Å². The molecule has 1 heterocycles. The molecule has 1 saturated carbocycles. The summed E-state index contributed by atoms with van der Waals surface area (Å²) in [5.41, 5.74) is 3.10. The number of amides is 1. The van der Waals surface area contributed by atoms with Gasteiger partial charge in [-0.2, -0.15) is 4.31 Å². The maximum Gasteiger partial charge on any atom is 0.237 e. The van der Waals surface area contributed by atoms with Crippen molar-refractivity contribution in [2.45, 2.75) is 25.7 Å². The highest BCUT2D eigenvalue weighted by atomic mass is 32.2. The van der Waals surface area contributed by atoms with Crippen molar-refractivity contribution >= 4 is 15.9 Å². The summed E-state index contributed by atoms with van der Waals surface area (Å²) in [5, 5.41) is 0. The number of nitrogens with zero attached hydrogens (tertiary/aromatic N) is 2. The molecule has 0 bridgehead atoms. The van der Waals surface area contributed by atoms with Gasteiger partial charge in [0.1, 0.15) is 0 Å². The molecule has 0 unspecified atom stereocenters. The van der Waals surface area contributed by atoms with Gasteiger partial charge in [0.05, 0.1) is 12.8 Å². The molecule has 2 rings (SSSR count). The van der Waals surface area contributed by atoms with E-state index in [1.165, 1.54) is 25.5 Å². The van der Waals surface area contributed by atoms with Crippen molar-refractivity contribution in [2.75, 3.05) is 32.9 Å². The number of hydrogen-bond acceptors (Lipinski definition) is 3. The van der Waals surface area contributed by atoms with E-state index in [4.69, 9.17) is 0 Å². The Hall–Kier alpha value is -0.880. The Kier molecular flexibility index (Phi) is 3.77. The first-order valence-electron chi connectivity index (χ1n) is 6.27. The van der Waals surface area contributed by atoms with Crippen LogP contribution in [0.5, 0.6) is 0 Å². The van der Waals surface area contributed by atoms with Gasteiger partial charge in [-0.3, -0.25) is 4.79 Å². The average Bonchev–Trinajstić information content (AvgIpc) is 3.11. The quantitative estimate of drug-likeness (QED) is 0.707. The van der Waals surface area contributed by atoms with Crippen molar-refractivity contribution < 1.29 is 13.2 Å². The van der Waals surface area contributed by atoms with Gasteiger partial charge in [-0.25, -0.2) is 8.42 Å². The van der Waals surface area contributed by atoms with Gasteiger partial charge in [0.2, 0.25) is 15.9 Å². The van der Waals surface area contributed by atoms with Crippen LogP contribution < -0.4 is 0 Å². The Morgan fingerprint density at radius 2 is 1.67 bits per heavy atom. The van der Waals surface area contributed by atoms with Crippen LogP contribution >= 0.6 is 0 Å². The predicted octanol–water partition coefficient (Wildman–Crippen LogP) is 0.591. The Bertz CT molecular complexity index is 466. The third-order valence-corrected chi connectivity index (χ3v) is 4.91. The Labute approximate surface area is 108 Å². The zero-order chi connectivity index (χ0) is 13.3. The SMILES string of the molecule is CN(CC(=O)N1CCC(=C2CC2)CC1)S(C)(=O)=O. The van der Waals surface area contributed by atoms with Gasteiger partial charge in [0, 0.05) is 20.1 Å². The lowest BCUT2D eigenvalue weighted by atomic mass is 10.0. The van der Waals surface area contributed by atoms with Crippen molar-refractivity contribution in [1.29, 1.82) is 0 Å². The summed E-state index contributed by atoms with van der Waals surface area (Å²) in [4.78, 5) is 13.7. The van der Waals surface area contributed by atoms with Crippen LogP contribution in [0.25, 0.3) is 0 Å². The third-order valence-electron chi connectivity index (χ3n) is 3.64. The van der Waals surface area contributed by atoms with E-state index >= 15 is 0 Å². The highest BCUT2D eigenvalue weighted by Gasteiger charge is 2.25. The lowest BCUT2D eigenvalue weighted by Gasteiger charge is -2.29. The lowest BCUT2D eigenvalue weighted by Crippen LogP contribution is -2.43. The van der Waals surface area contributed by atoms with E-state index in [0.29, 0.717) is 0 Å². The molecule has 1 saturated heterocycles. The van der Waals surface area contributed by atoms with Crippen molar-refractivity contribution in [3.8, 4) is 0 Å². The van der Waals surface area contributed by atoms with Gasteiger partial charge in [-0.05, 0) is 25.7 Å². The molecular formula is C12H20N2O3S. The minimum atomic E-state index is -3.27. The highest BCUT2D eigenvalue weighted by molar-refractivity contribution is 7.88. The fraction of sp³-hybridized carbons (Fsp3) is 0.750. The van der Waals surface area contributed by atoms with Gasteiger partial charge in [0.15, 0.2) is 0 Å². The molecule has 0 N–H and O–H groups in total. The van der Waals surface area contributed by atoms with Crippen molar-refractivity contribution in [3.63, 3.8) is 0 Å². The van der Waals surface area contributed by atoms with Crippen LogP contribution in [0, 0.1) is 0 Å². The van der Waals surface area contributed by atoms with Crippen LogP contribution in [0.1, 0.15) is 25.7 Å². The molecule has 1 aliphatic carbocycles. The molecule has 2 fully saturated rings. The van der Waals surface area contributed by atoms with Crippen molar-refractivity contribution in [3.05, 3.63) is 11.1 Å². The summed E-state index contributed by atoms with van der Waals surface area (Å²) < 4.78 is 23.6. The second-order valence-electron chi connectivity index (χ2n) is 5.11. The van der Waals surface area contributed by atoms with Crippen LogP contribution in [-0.4, -0.2) is 56.5 Å². The molecule has 102 valence electrons. The van der Waals surface area contributed by atoms with Crippen molar-refractivity contribution in [2.24, 2.45) is 0 Å². The molecule has 0 atom stereocenters. The Morgan fingerprint density at radius 3 is 2.11 bits per heavy atom. The smallest absolute Gasteiger partial charge is 0.237 e. The standard InChI is InChI=1S/C12H20N2O3S/c1-13(18(2,16)17)9-12(15)14-7-5-11(6-8-14)10-3-4-10/h3-9H2,1-2H3. The van der Waals surface area contributed by atoms with E-state index < -0.39 is 10.0 Å². The average molecular weight is 272 g/mol. The summed E-state index contributed by atoms with van der Waals surface area (Å²) in [6.45, 7) is 1.41. The molecule has 1 aliphatic heterocycles. The van der Waals surface area contributed by atoms with Crippen LogP contribution in [0.3, 0.4) is 0 Å². The van der Waals surface area contributed by atoms with Crippen LogP contribution in [-0.2, 0) is 14.8 Å². The van der Waals surface area contributed by atoms with Gasteiger partial charge >= 0.3 is 0 Å². The molecule has 1 amide bonds. The Balaban J connectivity index is 1.86. The van der Waals surface area contributed by atoms with E-state index in [-0.39, 0.29) is 12.5 Å². The zero-order valence-corrected chi connectivity index (χ0v) is 11.8. The van der Waals surface area contributed by atoms with Crippen LogP contribution in [0.4, 0.5) is 0 Å². The normalized spacial score (nSPS) is 20.5. The predicted molar refractivity (Wildman–Crippen MR) is 69.5 cm³/mol. The monoisotopic (exact) mass is 272 g/mol. The first-order valence-corrected chi connectivity index (χ1v) is 8.11. The topological polar surface area (TPSA) is 57.7 Å². The van der Waals surface area contributed by atoms with Crippen molar-refractivity contribution in [1.82, 2.24) is 9.21 Å². The number of sulfonamides is 1. The number of hydrogen-bond donors (Lipinski definition) is 0. The maximum absolute atomic E-state index is 12.0. The lowest BCUT2D eigenvalue weighted by molar-refractivity contribution is -0.131. The summed E-state index contributed by atoms with van der Waals surface area (Å²) in [6.07, 6.45) is 5.51. The molecule has 0 aromatic carbocycles. The number of rotatable bonds is 3. The van der Waals surface area contributed by atoms with E-state index in [0.717, 1.165) is 36.5 Å². The van der Waals surface area contributed by atoms with Crippen LogP contribution in [0.2, 0.25) is 0 Å². The third kappa shape index (κ3) is 3.32. The largest absolute Gasteiger partial charge is 0.341 e. The van der Waals surface area contributed by atoms with Gasteiger partial charge in [-0.15, -0.1) is 0 Å². The van der Waals surface area contributed by atoms with E-state index in [9.17, 15) is 13.2 Å². The highest BCUT2D eigenvalue weighted by Crippen LogP contribution is 2.35. The molecule has 6 heteroatoms. The fourth-order valence-electron chi connectivity index (χ4n) is 2.20. The van der Waals surface area contributed by atoms with E-state index in [1.807, 2.05) is 0 Å². The number of likely N-dealkylation sites (N-methyl/N-ethyl adjacent to an activating group) is 1. The minimum Gasteiger partial charge on any atom is -0.341 e. The van der Waals surface area contributed by atoms with Gasteiger partial charge in [0.25, 0.3) is 0 Å². The molecule has 0 aromatic rings. The fourth-order valence-corrected chi connectivity index (χ4v) is 2.55. The first-order chi connectivity index (χ1) is 8.38. The van der Waals surface area contributed by atoms with E-state index in [2.05, 4.69) is 0 Å². The maximum atomic E-state index is 12.0. The Morgan fingerprint density at radius 1 is 1.17 bits per heavy atom. The molecular weight excluding hydrogens is 252 g/mol. The second-order valence-corrected chi connectivity index (χ2v) is 7.20. The molecule has 18 heavy (non-hydrogen) atoms. The summed E-state index contributed by atoms with van der Waals surface area (Å²) in [5.74, 6) is -0.0947. The van der Waals surface area contributed by atoms with E-state index in [1.54, 1.807) is 10.5 Å². The molecule has 5 nitrogen and oxygen atoms in total. The molecule has 0 radical (unpaired) electrons. The van der Waals surface area contributed by atoms with Gasteiger partial charge < -0.3 is 4.90 Å². The molecule has 2 aliphatic rings. The summed E-state index contributed by atoms with van der Waals surface area (Å²) in [6, 6.07) is 0. The number of carbonyl (C=O) groups excluding carboxylic acids is 1.